The highest BCUT2D eigenvalue weighted by atomic mass is 32.2. The Morgan fingerprint density at radius 2 is 1.67 bits per heavy atom. The number of aromatic nitrogens is 2. The molecule has 30 heavy (non-hydrogen) atoms. The molecule has 1 aliphatic rings. The smallest absolute Gasteiger partial charge is 0.262 e. The molecule has 0 amide bonds. The lowest BCUT2D eigenvalue weighted by molar-refractivity contribution is 0.459. The van der Waals surface area contributed by atoms with Gasteiger partial charge in [-0.25, -0.2) is 22.2 Å². The van der Waals surface area contributed by atoms with Gasteiger partial charge in [0, 0.05) is 44.5 Å². The third-order valence-corrected chi connectivity index (χ3v) is 7.12. The van der Waals surface area contributed by atoms with Crippen molar-refractivity contribution in [3.63, 3.8) is 0 Å². The molecule has 0 saturated carbocycles. The molecular formula is C21H22F2N4O2S. The number of hydrogen-bond donors (Lipinski definition) is 1. The van der Waals surface area contributed by atoms with E-state index in [9.17, 15) is 17.2 Å². The largest absolute Gasteiger partial charge is 0.385 e. The van der Waals surface area contributed by atoms with Gasteiger partial charge in [0.2, 0.25) is 0 Å². The van der Waals surface area contributed by atoms with E-state index < -0.39 is 10.0 Å². The van der Waals surface area contributed by atoms with Crippen LogP contribution in [0.25, 0.3) is 0 Å². The zero-order chi connectivity index (χ0) is 21.3. The number of aryl methyl sites for hydroxylation is 1. The lowest BCUT2D eigenvalue weighted by Crippen LogP contribution is -2.30. The summed E-state index contributed by atoms with van der Waals surface area (Å²) in [6, 6.07) is 12.2. The molecule has 4 rings (SSSR count). The molecule has 0 bridgehead atoms. The maximum atomic E-state index is 13.4. The van der Waals surface area contributed by atoms with Crippen LogP contribution in [0.2, 0.25) is 0 Å². The first-order valence-corrected chi connectivity index (χ1v) is 11.0. The summed E-state index contributed by atoms with van der Waals surface area (Å²) < 4.78 is 55.7. The van der Waals surface area contributed by atoms with E-state index in [-0.39, 0.29) is 35.0 Å². The average molecular weight is 432 g/mol. The van der Waals surface area contributed by atoms with Gasteiger partial charge in [-0.3, -0.25) is 0 Å². The fraction of sp³-hybridized carbons (Fsp3) is 0.286. The Morgan fingerprint density at radius 3 is 2.27 bits per heavy atom. The van der Waals surface area contributed by atoms with Gasteiger partial charge in [-0.2, -0.15) is 4.31 Å². The zero-order valence-corrected chi connectivity index (χ0v) is 17.2. The van der Waals surface area contributed by atoms with Crippen molar-refractivity contribution >= 4 is 15.7 Å². The second kappa shape index (κ2) is 8.16. The predicted octanol–water partition coefficient (Wildman–Crippen LogP) is 3.21. The summed E-state index contributed by atoms with van der Waals surface area (Å²) in [5.41, 5.74) is 1.63. The van der Waals surface area contributed by atoms with E-state index in [4.69, 9.17) is 0 Å². The minimum absolute atomic E-state index is 0.00926. The van der Waals surface area contributed by atoms with Crippen molar-refractivity contribution in [2.24, 2.45) is 13.0 Å². The fourth-order valence-electron chi connectivity index (χ4n) is 3.79. The molecule has 1 saturated heterocycles. The number of anilines is 1. The molecule has 3 aromatic rings. The van der Waals surface area contributed by atoms with Crippen molar-refractivity contribution in [3.8, 4) is 0 Å². The minimum atomic E-state index is -3.74. The highest BCUT2D eigenvalue weighted by molar-refractivity contribution is 7.89. The van der Waals surface area contributed by atoms with Crippen LogP contribution < -0.4 is 5.32 Å². The molecule has 2 atom stereocenters. The zero-order valence-electron chi connectivity index (χ0n) is 16.4. The highest BCUT2D eigenvalue weighted by Gasteiger charge is 2.40. The molecular weight excluding hydrogens is 410 g/mol. The quantitative estimate of drug-likeness (QED) is 0.650. The van der Waals surface area contributed by atoms with Crippen molar-refractivity contribution in [3.05, 3.63) is 78.3 Å². The van der Waals surface area contributed by atoms with Crippen LogP contribution in [0.5, 0.6) is 0 Å². The van der Waals surface area contributed by atoms with E-state index in [0.29, 0.717) is 13.1 Å². The number of nitrogens with zero attached hydrogens (tertiary/aromatic N) is 3. The average Bonchev–Trinajstić information content (AvgIpc) is 3.35. The molecule has 0 radical (unpaired) electrons. The second-order valence-corrected chi connectivity index (χ2v) is 9.39. The summed E-state index contributed by atoms with van der Waals surface area (Å²) >= 11 is 0. The Labute approximate surface area is 174 Å². The van der Waals surface area contributed by atoms with Crippen LogP contribution in [0.1, 0.15) is 11.5 Å². The van der Waals surface area contributed by atoms with Crippen LogP contribution in [-0.2, 0) is 17.1 Å². The molecule has 2 aromatic carbocycles. The number of rotatable bonds is 6. The lowest BCUT2D eigenvalue weighted by atomic mass is 9.89. The van der Waals surface area contributed by atoms with E-state index in [1.807, 2.05) is 0 Å². The third kappa shape index (κ3) is 4.22. The fourth-order valence-corrected chi connectivity index (χ4v) is 5.28. The third-order valence-electron chi connectivity index (χ3n) is 5.40. The van der Waals surface area contributed by atoms with Gasteiger partial charge in [-0.1, -0.05) is 12.1 Å². The molecule has 2 heterocycles. The van der Waals surface area contributed by atoms with E-state index in [1.54, 1.807) is 35.9 Å². The molecule has 2 unspecified atom stereocenters. The number of hydrogen-bond acceptors (Lipinski definition) is 4. The number of imidazole rings is 1. The van der Waals surface area contributed by atoms with Gasteiger partial charge in [-0.15, -0.1) is 0 Å². The Kier molecular flexibility index (Phi) is 5.57. The normalized spacial score (nSPS) is 19.8. The monoisotopic (exact) mass is 432 g/mol. The first kappa shape index (κ1) is 20.5. The van der Waals surface area contributed by atoms with Crippen LogP contribution in [0.4, 0.5) is 14.5 Å². The SMILES string of the molecule is Cn1cnc(S(=O)(=O)N2CC(CNc3ccc(F)cc3)C(c3ccc(F)cc3)C2)c1. The van der Waals surface area contributed by atoms with Gasteiger partial charge < -0.3 is 9.88 Å². The van der Waals surface area contributed by atoms with Crippen molar-refractivity contribution in [2.45, 2.75) is 10.9 Å². The van der Waals surface area contributed by atoms with Gasteiger partial charge in [0.1, 0.15) is 11.6 Å². The standard InChI is InChI=1S/C21H22F2N4O2S/c1-26-13-21(25-14-26)30(28,29)27-11-16(10-24-19-8-6-18(23)7-9-19)20(12-27)15-2-4-17(22)5-3-15/h2-9,13-14,16,20,24H,10-12H2,1H3. The summed E-state index contributed by atoms with van der Waals surface area (Å²) in [5.74, 6) is -0.829. The molecule has 1 aliphatic heterocycles. The first-order valence-electron chi connectivity index (χ1n) is 9.56. The molecule has 158 valence electrons. The van der Waals surface area contributed by atoms with Crippen molar-refractivity contribution in [1.82, 2.24) is 13.9 Å². The van der Waals surface area contributed by atoms with Gasteiger partial charge in [0.15, 0.2) is 5.03 Å². The molecule has 0 aliphatic carbocycles. The van der Waals surface area contributed by atoms with Crippen LogP contribution in [0.3, 0.4) is 0 Å². The van der Waals surface area contributed by atoms with Crippen LogP contribution >= 0.6 is 0 Å². The Hall–Kier alpha value is -2.78. The summed E-state index contributed by atoms with van der Waals surface area (Å²) in [5, 5.41) is 3.27. The number of sulfonamides is 1. The van der Waals surface area contributed by atoms with Crippen molar-refractivity contribution in [1.29, 1.82) is 0 Å². The second-order valence-electron chi connectivity index (χ2n) is 7.51. The Bertz CT molecular complexity index is 1110. The van der Waals surface area contributed by atoms with Crippen molar-refractivity contribution < 1.29 is 17.2 Å². The molecule has 1 fully saturated rings. The molecule has 0 spiro atoms. The van der Waals surface area contributed by atoms with Gasteiger partial charge in [-0.05, 0) is 47.9 Å². The molecule has 1 aromatic heterocycles. The summed E-state index contributed by atoms with van der Waals surface area (Å²) in [6.07, 6.45) is 2.93. The summed E-state index contributed by atoms with van der Waals surface area (Å²) in [4.78, 5) is 4.00. The summed E-state index contributed by atoms with van der Waals surface area (Å²) in [6.45, 7) is 1.07. The Balaban J connectivity index is 1.58. The molecule has 9 heteroatoms. The molecule has 6 nitrogen and oxygen atoms in total. The first-order chi connectivity index (χ1) is 14.3. The number of nitrogens with one attached hydrogen (secondary N) is 1. The number of halogens is 2. The maximum absolute atomic E-state index is 13.4. The van der Waals surface area contributed by atoms with Crippen LogP contribution in [0.15, 0.2) is 66.1 Å². The van der Waals surface area contributed by atoms with E-state index in [1.165, 1.54) is 41.1 Å². The van der Waals surface area contributed by atoms with Gasteiger partial charge in [0.05, 0.1) is 6.33 Å². The van der Waals surface area contributed by atoms with E-state index in [2.05, 4.69) is 10.3 Å². The van der Waals surface area contributed by atoms with Gasteiger partial charge >= 0.3 is 0 Å². The topological polar surface area (TPSA) is 67.2 Å². The lowest BCUT2D eigenvalue weighted by Gasteiger charge is -2.20. The van der Waals surface area contributed by atoms with Crippen LogP contribution in [0, 0.1) is 17.6 Å². The van der Waals surface area contributed by atoms with E-state index >= 15 is 0 Å². The molecule has 1 N–H and O–H groups in total. The Morgan fingerprint density at radius 1 is 1.03 bits per heavy atom. The maximum Gasteiger partial charge on any atom is 0.262 e. The number of benzene rings is 2. The summed E-state index contributed by atoms with van der Waals surface area (Å²) in [7, 11) is -2.02. The van der Waals surface area contributed by atoms with Gasteiger partial charge in [0.25, 0.3) is 10.0 Å². The predicted molar refractivity (Wildman–Crippen MR) is 109 cm³/mol. The highest BCUT2D eigenvalue weighted by Crippen LogP contribution is 2.35. The van der Waals surface area contributed by atoms with Crippen molar-refractivity contribution in [2.75, 3.05) is 25.0 Å². The van der Waals surface area contributed by atoms with E-state index in [0.717, 1.165) is 11.3 Å². The minimum Gasteiger partial charge on any atom is -0.385 e. The van der Waals surface area contributed by atoms with Crippen LogP contribution in [-0.4, -0.2) is 41.9 Å².